The molecule has 2 aromatic rings. The van der Waals surface area contributed by atoms with Crippen molar-refractivity contribution in [1.82, 2.24) is 15.6 Å². The van der Waals surface area contributed by atoms with E-state index in [1.807, 2.05) is 30.6 Å². The fourth-order valence-electron chi connectivity index (χ4n) is 3.37. The smallest absolute Gasteiger partial charge is 0.191 e. The second-order valence-corrected chi connectivity index (χ2v) is 7.31. The minimum atomic E-state index is 0. The van der Waals surface area contributed by atoms with Crippen LogP contribution in [0.2, 0.25) is 5.02 Å². The van der Waals surface area contributed by atoms with Crippen LogP contribution in [0.4, 0.5) is 5.69 Å². The van der Waals surface area contributed by atoms with Crippen molar-refractivity contribution in [2.75, 3.05) is 31.1 Å². The molecule has 1 aliphatic heterocycles. The van der Waals surface area contributed by atoms with Crippen LogP contribution in [0, 0.1) is 6.92 Å². The fraction of sp³-hybridized carbons (Fsp3) is 0.429. The Bertz CT molecular complexity index is 783. The molecule has 2 N–H and O–H groups in total. The molecule has 5 nitrogen and oxygen atoms in total. The van der Waals surface area contributed by atoms with Crippen LogP contribution in [0.15, 0.2) is 47.7 Å². The highest BCUT2D eigenvalue weighted by molar-refractivity contribution is 14.0. The minimum absolute atomic E-state index is 0. The lowest BCUT2D eigenvalue weighted by atomic mass is 10.1. The van der Waals surface area contributed by atoms with Crippen LogP contribution in [0.3, 0.4) is 0 Å². The summed E-state index contributed by atoms with van der Waals surface area (Å²) in [6.45, 7) is 7.77. The number of benzene rings is 1. The van der Waals surface area contributed by atoms with Crippen molar-refractivity contribution >= 4 is 47.2 Å². The number of halogens is 2. The molecular weight excluding hydrogens is 485 g/mol. The van der Waals surface area contributed by atoms with Gasteiger partial charge < -0.3 is 15.5 Å². The summed E-state index contributed by atoms with van der Waals surface area (Å²) >= 11 is 6.13. The minimum Gasteiger partial charge on any atom is -0.369 e. The molecule has 1 atom stereocenters. The molecule has 152 valence electrons. The lowest BCUT2D eigenvalue weighted by molar-refractivity contribution is 0.649. The number of aliphatic imine (C=N–C) groups is 1. The van der Waals surface area contributed by atoms with Crippen molar-refractivity contribution in [2.45, 2.75) is 32.7 Å². The quantitative estimate of drug-likeness (QED) is 0.348. The number of hydrogen-bond donors (Lipinski definition) is 2. The molecule has 7 heteroatoms. The lowest BCUT2D eigenvalue weighted by Gasteiger charge is -2.20. The van der Waals surface area contributed by atoms with E-state index in [9.17, 15) is 0 Å². The first-order valence-electron chi connectivity index (χ1n) is 9.60. The summed E-state index contributed by atoms with van der Waals surface area (Å²) in [5, 5.41) is 7.73. The number of aromatic nitrogens is 1. The summed E-state index contributed by atoms with van der Waals surface area (Å²) in [6, 6.07) is 10.5. The summed E-state index contributed by atoms with van der Waals surface area (Å²) in [4.78, 5) is 11.3. The molecule has 1 unspecified atom stereocenters. The normalized spacial score (nSPS) is 16.6. The van der Waals surface area contributed by atoms with E-state index in [4.69, 9.17) is 16.6 Å². The first-order valence-corrected chi connectivity index (χ1v) is 9.98. The van der Waals surface area contributed by atoms with E-state index >= 15 is 0 Å². The predicted molar refractivity (Wildman–Crippen MR) is 129 cm³/mol. The van der Waals surface area contributed by atoms with Gasteiger partial charge in [-0.1, -0.05) is 17.7 Å². The molecule has 1 fully saturated rings. The number of nitrogens with one attached hydrogen (secondary N) is 2. The summed E-state index contributed by atoms with van der Waals surface area (Å²) in [6.07, 6.45) is 5.76. The van der Waals surface area contributed by atoms with E-state index in [1.54, 1.807) is 0 Å². The number of guanidine groups is 1. The van der Waals surface area contributed by atoms with Gasteiger partial charge in [0.25, 0.3) is 0 Å². The summed E-state index contributed by atoms with van der Waals surface area (Å²) < 4.78 is 0. The van der Waals surface area contributed by atoms with Gasteiger partial charge in [-0.3, -0.25) is 9.98 Å². The van der Waals surface area contributed by atoms with E-state index in [2.05, 4.69) is 46.5 Å². The van der Waals surface area contributed by atoms with Crippen LogP contribution in [0.1, 0.15) is 24.5 Å². The maximum Gasteiger partial charge on any atom is 0.191 e. The first kappa shape index (κ1) is 22.7. The van der Waals surface area contributed by atoms with Gasteiger partial charge in [0.1, 0.15) is 0 Å². The Morgan fingerprint density at radius 2 is 2.21 bits per heavy atom. The zero-order valence-electron chi connectivity index (χ0n) is 16.5. The Kier molecular flexibility index (Phi) is 9.31. The molecule has 0 aliphatic carbocycles. The Balaban J connectivity index is 0.00000280. The summed E-state index contributed by atoms with van der Waals surface area (Å²) in [5.74, 6) is 0.891. The molecule has 1 aliphatic rings. The molecule has 3 rings (SSSR count). The number of rotatable bonds is 6. The van der Waals surface area contributed by atoms with E-state index in [0.29, 0.717) is 6.04 Å². The predicted octanol–water partition coefficient (Wildman–Crippen LogP) is 4.04. The Labute approximate surface area is 190 Å². The second-order valence-electron chi connectivity index (χ2n) is 6.87. The zero-order valence-corrected chi connectivity index (χ0v) is 19.6. The highest BCUT2D eigenvalue weighted by Gasteiger charge is 2.23. The Morgan fingerprint density at radius 3 is 2.96 bits per heavy atom. The molecule has 1 aromatic heterocycles. The lowest BCUT2D eigenvalue weighted by Crippen LogP contribution is -2.44. The van der Waals surface area contributed by atoms with Gasteiger partial charge in [0, 0.05) is 55.3 Å². The maximum absolute atomic E-state index is 6.13. The van der Waals surface area contributed by atoms with Crippen molar-refractivity contribution in [1.29, 1.82) is 0 Å². The topological polar surface area (TPSA) is 52.6 Å². The largest absolute Gasteiger partial charge is 0.369 e. The number of nitrogens with zero attached hydrogens (tertiary/aromatic N) is 3. The molecule has 2 heterocycles. The average molecular weight is 514 g/mol. The molecule has 0 spiro atoms. The third-order valence-electron chi connectivity index (χ3n) is 4.83. The number of anilines is 1. The van der Waals surface area contributed by atoms with E-state index in [1.165, 1.54) is 16.8 Å². The van der Waals surface area contributed by atoms with Crippen LogP contribution >= 0.6 is 35.6 Å². The van der Waals surface area contributed by atoms with Crippen molar-refractivity contribution < 1.29 is 0 Å². The Hall–Kier alpha value is -1.54. The van der Waals surface area contributed by atoms with Crippen LogP contribution in [0.5, 0.6) is 0 Å². The van der Waals surface area contributed by atoms with Gasteiger partial charge in [-0.2, -0.15) is 0 Å². The maximum atomic E-state index is 6.13. The van der Waals surface area contributed by atoms with Crippen LogP contribution in [-0.2, 0) is 6.42 Å². The molecule has 0 radical (unpaired) electrons. The third kappa shape index (κ3) is 6.51. The van der Waals surface area contributed by atoms with Gasteiger partial charge in [0.15, 0.2) is 5.96 Å². The SMILES string of the molecule is CCNC(=NCCc1ccncc1C)NC1CCN(c2cccc(Cl)c2)C1.I. The molecule has 0 saturated carbocycles. The molecule has 0 amide bonds. The molecule has 1 saturated heterocycles. The van der Waals surface area contributed by atoms with E-state index in [-0.39, 0.29) is 24.0 Å². The molecular formula is C21H29ClIN5. The third-order valence-corrected chi connectivity index (χ3v) is 5.07. The van der Waals surface area contributed by atoms with Gasteiger partial charge in [0.05, 0.1) is 0 Å². The molecule has 28 heavy (non-hydrogen) atoms. The molecule has 0 bridgehead atoms. The van der Waals surface area contributed by atoms with Crippen molar-refractivity contribution in [3.05, 3.63) is 58.9 Å². The highest BCUT2D eigenvalue weighted by atomic mass is 127. The molecule has 1 aromatic carbocycles. The van der Waals surface area contributed by atoms with Gasteiger partial charge in [-0.05, 0) is 62.1 Å². The number of hydrogen-bond acceptors (Lipinski definition) is 3. The van der Waals surface area contributed by atoms with E-state index < -0.39 is 0 Å². The number of pyridine rings is 1. The zero-order chi connectivity index (χ0) is 19.1. The fourth-order valence-corrected chi connectivity index (χ4v) is 3.55. The van der Waals surface area contributed by atoms with Crippen LogP contribution < -0.4 is 15.5 Å². The first-order chi connectivity index (χ1) is 13.2. The second kappa shape index (κ2) is 11.5. The van der Waals surface area contributed by atoms with Gasteiger partial charge in [-0.15, -0.1) is 24.0 Å². The Morgan fingerprint density at radius 1 is 1.36 bits per heavy atom. The highest BCUT2D eigenvalue weighted by Crippen LogP contribution is 2.23. The van der Waals surface area contributed by atoms with E-state index in [0.717, 1.165) is 50.0 Å². The summed E-state index contributed by atoms with van der Waals surface area (Å²) in [7, 11) is 0. The average Bonchev–Trinajstić information content (AvgIpc) is 3.12. The van der Waals surface area contributed by atoms with Gasteiger partial charge in [0.2, 0.25) is 0 Å². The summed E-state index contributed by atoms with van der Waals surface area (Å²) in [5.41, 5.74) is 3.71. The van der Waals surface area contributed by atoms with Crippen molar-refractivity contribution in [2.24, 2.45) is 4.99 Å². The standard InChI is InChI=1S/C21H28ClN5.HI/c1-3-24-21(25-11-8-17-7-10-23-14-16(17)2)26-19-9-12-27(15-19)20-6-4-5-18(22)13-20;/h4-7,10,13-14,19H,3,8-9,11-12,15H2,1-2H3,(H2,24,25,26);1H. The van der Waals surface area contributed by atoms with Crippen molar-refractivity contribution in [3.8, 4) is 0 Å². The van der Waals surface area contributed by atoms with Crippen molar-refractivity contribution in [3.63, 3.8) is 0 Å². The monoisotopic (exact) mass is 513 g/mol. The van der Waals surface area contributed by atoms with Gasteiger partial charge >= 0.3 is 0 Å². The number of aryl methyl sites for hydroxylation is 1. The van der Waals surface area contributed by atoms with Gasteiger partial charge in [-0.25, -0.2) is 0 Å². The van der Waals surface area contributed by atoms with Crippen LogP contribution in [0.25, 0.3) is 0 Å². The van der Waals surface area contributed by atoms with Crippen LogP contribution in [-0.4, -0.2) is 43.2 Å².